The van der Waals surface area contributed by atoms with E-state index in [-0.39, 0.29) is 5.91 Å². The number of carbonyl (C=O) groups is 1. The molecule has 0 fully saturated rings. The molecular weight excluding hydrogens is 279 g/mol. The highest BCUT2D eigenvalue weighted by atomic mass is 79.9. The summed E-state index contributed by atoms with van der Waals surface area (Å²) in [5, 5.41) is 6.03. The van der Waals surface area contributed by atoms with E-state index in [0.717, 1.165) is 0 Å². The monoisotopic (exact) mass is 284 g/mol. The fourth-order valence-corrected chi connectivity index (χ4v) is 1.67. The van der Waals surface area contributed by atoms with Gasteiger partial charge in [0.15, 0.2) is 5.82 Å². The fraction of sp³-hybridized carbons (Fsp3) is 0. The zero-order valence-electron chi connectivity index (χ0n) is 7.91. The van der Waals surface area contributed by atoms with E-state index >= 15 is 0 Å². The standard InChI is InChI=1S/C10H6BrFN2O2/c11-8-5-6(12)1-2-7(8)10(15)13-9-3-4-16-14-9/h1-5H,(H,13,14,15). The van der Waals surface area contributed by atoms with E-state index in [2.05, 4.69) is 30.9 Å². The quantitative estimate of drug-likeness (QED) is 0.923. The molecule has 82 valence electrons. The molecule has 1 heterocycles. The van der Waals surface area contributed by atoms with Gasteiger partial charge in [0.2, 0.25) is 0 Å². The van der Waals surface area contributed by atoms with Gasteiger partial charge in [0.05, 0.1) is 5.56 Å². The molecule has 4 nitrogen and oxygen atoms in total. The summed E-state index contributed by atoms with van der Waals surface area (Å²) in [6.07, 6.45) is 1.34. The van der Waals surface area contributed by atoms with Gasteiger partial charge in [-0.1, -0.05) is 5.16 Å². The number of carbonyl (C=O) groups excluding carboxylic acids is 1. The molecule has 0 bridgehead atoms. The SMILES string of the molecule is O=C(Nc1ccon1)c1ccc(F)cc1Br. The molecule has 2 aromatic rings. The maximum atomic E-state index is 12.8. The van der Waals surface area contributed by atoms with E-state index in [1.54, 1.807) is 0 Å². The number of nitrogens with one attached hydrogen (secondary N) is 1. The first-order valence-electron chi connectivity index (χ1n) is 4.33. The first-order valence-corrected chi connectivity index (χ1v) is 5.13. The molecule has 0 saturated heterocycles. The van der Waals surface area contributed by atoms with E-state index in [0.29, 0.717) is 15.9 Å². The maximum absolute atomic E-state index is 12.8. The number of aromatic nitrogens is 1. The summed E-state index contributed by atoms with van der Waals surface area (Å²) in [6.45, 7) is 0. The van der Waals surface area contributed by atoms with Crippen molar-refractivity contribution >= 4 is 27.7 Å². The smallest absolute Gasteiger partial charge is 0.258 e. The van der Waals surface area contributed by atoms with Gasteiger partial charge in [-0.25, -0.2) is 4.39 Å². The second kappa shape index (κ2) is 4.44. The normalized spacial score (nSPS) is 10.1. The minimum absolute atomic E-state index is 0.307. The van der Waals surface area contributed by atoms with E-state index in [1.807, 2.05) is 0 Å². The molecule has 0 aliphatic heterocycles. The predicted octanol–water partition coefficient (Wildman–Crippen LogP) is 2.83. The molecule has 0 atom stereocenters. The van der Waals surface area contributed by atoms with Gasteiger partial charge in [0.25, 0.3) is 5.91 Å². The molecule has 0 saturated carbocycles. The summed E-state index contributed by atoms with van der Waals surface area (Å²) >= 11 is 3.11. The van der Waals surface area contributed by atoms with Crippen molar-refractivity contribution < 1.29 is 13.7 Å². The fourth-order valence-electron chi connectivity index (χ4n) is 1.13. The van der Waals surface area contributed by atoms with Crippen molar-refractivity contribution in [2.45, 2.75) is 0 Å². The number of hydrogen-bond acceptors (Lipinski definition) is 3. The highest BCUT2D eigenvalue weighted by Gasteiger charge is 2.11. The third-order valence-corrected chi connectivity index (χ3v) is 2.51. The van der Waals surface area contributed by atoms with Crippen LogP contribution in [-0.4, -0.2) is 11.1 Å². The highest BCUT2D eigenvalue weighted by molar-refractivity contribution is 9.10. The summed E-state index contributed by atoms with van der Waals surface area (Å²) < 4.78 is 17.7. The lowest BCUT2D eigenvalue weighted by molar-refractivity contribution is 0.102. The summed E-state index contributed by atoms with van der Waals surface area (Å²) in [4.78, 5) is 11.7. The third kappa shape index (κ3) is 2.27. The van der Waals surface area contributed by atoms with Crippen LogP contribution in [0.4, 0.5) is 10.2 Å². The lowest BCUT2D eigenvalue weighted by atomic mass is 10.2. The van der Waals surface area contributed by atoms with E-state index in [9.17, 15) is 9.18 Å². The van der Waals surface area contributed by atoms with Crippen LogP contribution in [0.25, 0.3) is 0 Å². The summed E-state index contributed by atoms with van der Waals surface area (Å²) in [7, 11) is 0. The zero-order chi connectivity index (χ0) is 11.5. The van der Waals surface area contributed by atoms with Crippen molar-refractivity contribution in [3.8, 4) is 0 Å². The second-order valence-electron chi connectivity index (χ2n) is 2.96. The Morgan fingerprint density at radius 3 is 2.88 bits per heavy atom. The van der Waals surface area contributed by atoms with E-state index < -0.39 is 5.82 Å². The molecule has 6 heteroatoms. The van der Waals surface area contributed by atoms with Gasteiger partial charge in [-0.15, -0.1) is 0 Å². The van der Waals surface area contributed by atoms with E-state index in [1.165, 1.54) is 30.5 Å². The topological polar surface area (TPSA) is 55.1 Å². The van der Waals surface area contributed by atoms with Crippen LogP contribution >= 0.6 is 15.9 Å². The van der Waals surface area contributed by atoms with Crippen LogP contribution < -0.4 is 5.32 Å². The van der Waals surface area contributed by atoms with Crippen LogP contribution in [0.15, 0.2) is 39.5 Å². The molecule has 0 aliphatic carbocycles. The van der Waals surface area contributed by atoms with Crippen molar-refractivity contribution in [3.05, 3.63) is 46.4 Å². The summed E-state index contributed by atoms with van der Waals surface area (Å²) in [5.41, 5.74) is 0.324. The molecule has 1 N–H and O–H groups in total. The van der Waals surface area contributed by atoms with Gasteiger partial charge in [0, 0.05) is 10.5 Å². The predicted molar refractivity (Wildman–Crippen MR) is 58.6 cm³/mol. The minimum Gasteiger partial charge on any atom is -0.363 e. The Bertz CT molecular complexity index is 514. The van der Waals surface area contributed by atoms with Crippen LogP contribution in [0.3, 0.4) is 0 Å². The highest BCUT2D eigenvalue weighted by Crippen LogP contribution is 2.19. The van der Waals surface area contributed by atoms with Crippen LogP contribution in [0.1, 0.15) is 10.4 Å². The molecular formula is C10H6BrFN2O2. The lowest BCUT2D eigenvalue weighted by Gasteiger charge is -2.03. The van der Waals surface area contributed by atoms with Crippen LogP contribution in [0, 0.1) is 5.82 Å². The number of anilines is 1. The van der Waals surface area contributed by atoms with Crippen molar-refractivity contribution in [1.82, 2.24) is 5.16 Å². The average molecular weight is 285 g/mol. The minimum atomic E-state index is -0.412. The van der Waals surface area contributed by atoms with Crippen molar-refractivity contribution in [2.75, 3.05) is 5.32 Å². The van der Waals surface area contributed by atoms with Gasteiger partial charge in [-0.2, -0.15) is 0 Å². The molecule has 1 amide bonds. The second-order valence-corrected chi connectivity index (χ2v) is 3.82. The Morgan fingerprint density at radius 2 is 2.25 bits per heavy atom. The Kier molecular flexibility index (Phi) is 3.00. The Balaban J connectivity index is 2.21. The molecule has 0 aliphatic rings. The number of rotatable bonds is 2. The van der Waals surface area contributed by atoms with Gasteiger partial charge < -0.3 is 9.84 Å². The van der Waals surface area contributed by atoms with E-state index in [4.69, 9.17) is 0 Å². The number of hydrogen-bond donors (Lipinski definition) is 1. The number of amides is 1. The van der Waals surface area contributed by atoms with Crippen molar-refractivity contribution in [1.29, 1.82) is 0 Å². The molecule has 0 spiro atoms. The number of benzene rings is 1. The van der Waals surface area contributed by atoms with Gasteiger partial charge in [0.1, 0.15) is 12.1 Å². The summed E-state index contributed by atoms with van der Waals surface area (Å²) in [6, 6.07) is 5.32. The molecule has 1 aromatic carbocycles. The molecule has 0 unspecified atom stereocenters. The molecule has 16 heavy (non-hydrogen) atoms. The Labute approximate surface area is 98.6 Å². The Morgan fingerprint density at radius 1 is 1.44 bits per heavy atom. The molecule has 2 rings (SSSR count). The van der Waals surface area contributed by atoms with Gasteiger partial charge >= 0.3 is 0 Å². The average Bonchev–Trinajstić information content (AvgIpc) is 2.70. The molecule has 1 aromatic heterocycles. The first kappa shape index (κ1) is 10.8. The molecule has 0 radical (unpaired) electrons. The Hall–Kier alpha value is -1.69. The van der Waals surface area contributed by atoms with Crippen LogP contribution in [-0.2, 0) is 0 Å². The maximum Gasteiger partial charge on any atom is 0.258 e. The van der Waals surface area contributed by atoms with Crippen LogP contribution in [0.5, 0.6) is 0 Å². The third-order valence-electron chi connectivity index (χ3n) is 1.86. The van der Waals surface area contributed by atoms with Gasteiger partial charge in [-0.05, 0) is 34.1 Å². The zero-order valence-corrected chi connectivity index (χ0v) is 9.49. The number of halogens is 2. The lowest BCUT2D eigenvalue weighted by Crippen LogP contribution is -2.12. The first-order chi connectivity index (χ1) is 7.66. The van der Waals surface area contributed by atoms with Crippen LogP contribution in [0.2, 0.25) is 0 Å². The van der Waals surface area contributed by atoms with Crippen molar-refractivity contribution in [2.24, 2.45) is 0 Å². The summed E-state index contributed by atoms with van der Waals surface area (Å²) in [5.74, 6) is -0.494. The number of nitrogens with zero attached hydrogens (tertiary/aromatic N) is 1. The largest absolute Gasteiger partial charge is 0.363 e. The van der Waals surface area contributed by atoms with Gasteiger partial charge in [-0.3, -0.25) is 4.79 Å². The van der Waals surface area contributed by atoms with Crippen molar-refractivity contribution in [3.63, 3.8) is 0 Å².